The first kappa shape index (κ1) is 24.1. The fourth-order valence-corrected chi connectivity index (χ4v) is 4.85. The van der Waals surface area contributed by atoms with E-state index in [4.69, 9.17) is 0 Å². The Morgan fingerprint density at radius 2 is 1.86 bits per heavy atom. The first-order chi connectivity index (χ1) is 17.2. The van der Waals surface area contributed by atoms with Gasteiger partial charge in [-0.3, -0.25) is 0 Å². The minimum Gasteiger partial charge on any atom is -0.369 e. The summed E-state index contributed by atoms with van der Waals surface area (Å²) in [6.07, 6.45) is 4.00. The number of aromatic nitrogens is 5. The smallest absolute Gasteiger partial charge is 0.229 e. The van der Waals surface area contributed by atoms with Crippen LogP contribution < -0.4 is 10.2 Å². The molecule has 0 saturated carbocycles. The van der Waals surface area contributed by atoms with Gasteiger partial charge >= 0.3 is 0 Å². The molecule has 0 amide bonds. The third-order valence-electron chi connectivity index (χ3n) is 6.71. The fourth-order valence-electron chi connectivity index (χ4n) is 4.85. The molecule has 1 aromatic carbocycles. The van der Waals surface area contributed by atoms with E-state index in [1.54, 1.807) is 6.07 Å². The summed E-state index contributed by atoms with van der Waals surface area (Å²) < 4.78 is 31.6. The average molecular weight is 493 g/mol. The van der Waals surface area contributed by atoms with Gasteiger partial charge in [0.1, 0.15) is 22.9 Å². The molecule has 0 bridgehead atoms. The van der Waals surface area contributed by atoms with Gasteiger partial charge in [-0.2, -0.15) is 0 Å². The van der Waals surface area contributed by atoms with Crippen LogP contribution >= 0.6 is 0 Å². The second-order valence-corrected chi connectivity index (χ2v) is 9.72. The molecule has 3 aromatic heterocycles. The molecule has 5 rings (SSSR count). The number of fused-ring (bicyclic) bond motifs is 1. The van der Waals surface area contributed by atoms with Crippen LogP contribution in [0.25, 0.3) is 22.3 Å². The number of nitrogens with one attached hydrogen (secondary N) is 1. The van der Waals surface area contributed by atoms with Gasteiger partial charge in [0.15, 0.2) is 11.6 Å². The van der Waals surface area contributed by atoms with E-state index in [0.29, 0.717) is 28.8 Å². The molecule has 10 heteroatoms. The molecule has 1 N–H and O–H groups in total. The number of benzene rings is 1. The lowest BCUT2D eigenvalue weighted by Crippen LogP contribution is -2.31. The standard InChI is InChI=1S/C26H30F2N8/c1-15(2)36-16(3)31-25-20(27)10-17(11-22(25)36)24-21(28)13-30-26(33-24)32-23-7-6-18(12-29-23)35-9-8-19(14-35)34(4)5/h6-7,10-13,15,19H,8-9,14H2,1-5H3,(H,29,30,32,33). The molecule has 0 aliphatic carbocycles. The zero-order chi connectivity index (χ0) is 25.6. The first-order valence-corrected chi connectivity index (χ1v) is 12.1. The molecule has 4 heterocycles. The van der Waals surface area contributed by atoms with Gasteiger partial charge in [-0.05, 0) is 65.6 Å². The van der Waals surface area contributed by atoms with Crippen LogP contribution in [0.15, 0.2) is 36.7 Å². The number of pyridine rings is 1. The van der Waals surface area contributed by atoms with Crippen molar-refractivity contribution >= 4 is 28.5 Å². The predicted octanol–water partition coefficient (Wildman–Crippen LogP) is 4.94. The Hall–Kier alpha value is -3.66. The van der Waals surface area contributed by atoms with Gasteiger partial charge in [-0.1, -0.05) is 0 Å². The number of rotatable bonds is 6. The van der Waals surface area contributed by atoms with Gasteiger partial charge in [0, 0.05) is 30.7 Å². The summed E-state index contributed by atoms with van der Waals surface area (Å²) >= 11 is 0. The van der Waals surface area contributed by atoms with Crippen LogP contribution in [-0.4, -0.2) is 62.6 Å². The Morgan fingerprint density at radius 1 is 1.06 bits per heavy atom. The molecule has 1 saturated heterocycles. The fraction of sp³-hybridized carbons (Fsp3) is 0.385. The molecule has 1 fully saturated rings. The Kier molecular flexibility index (Phi) is 6.29. The van der Waals surface area contributed by atoms with Crippen LogP contribution in [0.1, 0.15) is 32.1 Å². The van der Waals surface area contributed by atoms with E-state index in [1.165, 1.54) is 6.07 Å². The number of nitrogens with zero attached hydrogens (tertiary/aromatic N) is 7. The molecule has 0 spiro atoms. The zero-order valence-corrected chi connectivity index (χ0v) is 21.1. The van der Waals surface area contributed by atoms with E-state index in [0.717, 1.165) is 31.4 Å². The van der Waals surface area contributed by atoms with Gasteiger partial charge in [-0.15, -0.1) is 0 Å². The highest BCUT2D eigenvalue weighted by Gasteiger charge is 2.24. The summed E-state index contributed by atoms with van der Waals surface area (Å²) in [4.78, 5) is 21.8. The summed E-state index contributed by atoms with van der Waals surface area (Å²) in [5, 5.41) is 3.03. The normalized spacial score (nSPS) is 16.0. The Labute approximate surface area is 209 Å². The van der Waals surface area contributed by atoms with E-state index >= 15 is 0 Å². The maximum Gasteiger partial charge on any atom is 0.229 e. The third kappa shape index (κ3) is 4.48. The van der Waals surface area contributed by atoms with Crippen molar-refractivity contribution in [3.63, 3.8) is 0 Å². The van der Waals surface area contributed by atoms with E-state index in [9.17, 15) is 8.78 Å². The molecule has 1 atom stereocenters. The molecule has 188 valence electrons. The minimum atomic E-state index is -0.639. The molecule has 36 heavy (non-hydrogen) atoms. The van der Waals surface area contributed by atoms with Gasteiger partial charge < -0.3 is 19.7 Å². The molecule has 0 radical (unpaired) electrons. The van der Waals surface area contributed by atoms with Crippen molar-refractivity contribution in [1.29, 1.82) is 0 Å². The van der Waals surface area contributed by atoms with Crippen LogP contribution in [0, 0.1) is 18.6 Å². The van der Waals surface area contributed by atoms with Crippen molar-refractivity contribution < 1.29 is 8.78 Å². The second-order valence-electron chi connectivity index (χ2n) is 9.72. The first-order valence-electron chi connectivity index (χ1n) is 12.1. The largest absolute Gasteiger partial charge is 0.369 e. The molecule has 8 nitrogen and oxygen atoms in total. The number of likely N-dealkylation sites (N-methyl/N-ethyl adjacent to an activating group) is 1. The SMILES string of the molecule is Cc1nc2c(F)cc(-c3nc(Nc4ccc(N5CCC(N(C)C)C5)cn4)ncc3F)cc2n1C(C)C. The Morgan fingerprint density at radius 3 is 2.53 bits per heavy atom. The van der Waals surface area contributed by atoms with Crippen molar-refractivity contribution in [1.82, 2.24) is 29.4 Å². The number of hydrogen-bond donors (Lipinski definition) is 1. The highest BCUT2D eigenvalue weighted by atomic mass is 19.1. The summed E-state index contributed by atoms with van der Waals surface area (Å²) in [7, 11) is 4.20. The monoisotopic (exact) mass is 492 g/mol. The molecule has 4 aromatic rings. The minimum absolute atomic E-state index is 0.00544. The molecular formula is C26H30F2N8. The van der Waals surface area contributed by atoms with Crippen molar-refractivity contribution in [3.05, 3.63) is 54.1 Å². The van der Waals surface area contributed by atoms with E-state index in [2.05, 4.69) is 49.1 Å². The Balaban J connectivity index is 1.41. The van der Waals surface area contributed by atoms with Crippen LogP contribution in [0.4, 0.5) is 26.2 Å². The number of imidazole rings is 1. The maximum atomic E-state index is 14.9. The molecular weight excluding hydrogens is 462 g/mol. The molecule has 1 aliphatic rings. The van der Waals surface area contributed by atoms with Crippen LogP contribution in [0.5, 0.6) is 0 Å². The Bertz CT molecular complexity index is 1400. The number of hydrogen-bond acceptors (Lipinski definition) is 7. The lowest BCUT2D eigenvalue weighted by atomic mass is 10.1. The van der Waals surface area contributed by atoms with Gasteiger partial charge in [0.25, 0.3) is 0 Å². The summed E-state index contributed by atoms with van der Waals surface area (Å²) in [5.41, 5.74) is 2.23. The number of anilines is 3. The van der Waals surface area contributed by atoms with Crippen LogP contribution in [0.3, 0.4) is 0 Å². The van der Waals surface area contributed by atoms with Gasteiger partial charge in [-0.25, -0.2) is 28.7 Å². The highest BCUT2D eigenvalue weighted by Crippen LogP contribution is 2.30. The van der Waals surface area contributed by atoms with E-state index in [1.807, 2.05) is 43.7 Å². The van der Waals surface area contributed by atoms with E-state index in [-0.39, 0.29) is 23.2 Å². The van der Waals surface area contributed by atoms with Crippen molar-refractivity contribution in [2.75, 3.05) is 37.4 Å². The number of halogens is 2. The summed E-state index contributed by atoms with van der Waals surface area (Å²) in [5.74, 6) is 0.249. The van der Waals surface area contributed by atoms with E-state index < -0.39 is 11.6 Å². The van der Waals surface area contributed by atoms with Crippen molar-refractivity contribution in [3.8, 4) is 11.3 Å². The highest BCUT2D eigenvalue weighted by molar-refractivity contribution is 5.83. The van der Waals surface area contributed by atoms with Crippen LogP contribution in [0.2, 0.25) is 0 Å². The van der Waals surface area contributed by atoms with Crippen LogP contribution in [-0.2, 0) is 0 Å². The summed E-state index contributed by atoms with van der Waals surface area (Å²) in [6.45, 7) is 7.76. The quantitative estimate of drug-likeness (QED) is 0.409. The molecule has 1 aliphatic heterocycles. The number of aryl methyl sites for hydroxylation is 1. The van der Waals surface area contributed by atoms with Crippen molar-refractivity contribution in [2.45, 2.75) is 39.3 Å². The average Bonchev–Trinajstić information content (AvgIpc) is 3.46. The topological polar surface area (TPSA) is 75.0 Å². The molecule has 1 unspecified atom stereocenters. The van der Waals surface area contributed by atoms with Crippen molar-refractivity contribution in [2.24, 2.45) is 0 Å². The predicted molar refractivity (Wildman–Crippen MR) is 138 cm³/mol. The lowest BCUT2D eigenvalue weighted by molar-refractivity contribution is 0.315. The maximum absolute atomic E-state index is 14.9. The van der Waals surface area contributed by atoms with Gasteiger partial charge in [0.05, 0.1) is 23.6 Å². The summed E-state index contributed by atoms with van der Waals surface area (Å²) in [6, 6.07) is 7.43. The van der Waals surface area contributed by atoms with Gasteiger partial charge in [0.2, 0.25) is 5.95 Å². The lowest BCUT2D eigenvalue weighted by Gasteiger charge is -2.21. The zero-order valence-electron chi connectivity index (χ0n) is 21.1. The second kappa shape index (κ2) is 9.42. The third-order valence-corrected chi connectivity index (χ3v) is 6.71.